The van der Waals surface area contributed by atoms with Crippen LogP contribution in [-0.4, -0.2) is 74.3 Å². The molecule has 0 aromatic heterocycles. The van der Waals surface area contributed by atoms with Crippen molar-refractivity contribution >= 4 is 45.4 Å². The van der Waals surface area contributed by atoms with Gasteiger partial charge in [0, 0.05) is 23.2 Å². The highest BCUT2D eigenvalue weighted by Crippen LogP contribution is 2.67. The van der Waals surface area contributed by atoms with Crippen LogP contribution in [0.1, 0.15) is 46.5 Å². The van der Waals surface area contributed by atoms with Crippen molar-refractivity contribution in [1.29, 1.82) is 0 Å². The largest absolute Gasteiger partial charge is 0.394 e. The molecule has 0 saturated carbocycles. The molecule has 3 heterocycles. The van der Waals surface area contributed by atoms with Gasteiger partial charge in [0.25, 0.3) is 0 Å². The van der Waals surface area contributed by atoms with Crippen molar-refractivity contribution in [2.45, 2.75) is 73.4 Å². The molecule has 3 N–H and O–H groups in total. The minimum Gasteiger partial charge on any atom is -0.394 e. The van der Waals surface area contributed by atoms with E-state index in [1.54, 1.807) is 23.6 Å². The number of hydrogen-bond acceptors (Lipinski definition) is 5. The monoisotopic (exact) mass is 489 g/mol. The number of carbonyl (C=O) groups is 3. The number of thioether (sulfide) groups is 1. The number of hydrogen-bond donors (Lipinski definition) is 3. The minimum absolute atomic E-state index is 0.0293. The number of nitrogens with zero attached hydrogens (tertiary/aromatic N) is 1. The first-order chi connectivity index (χ1) is 13.8. The van der Waals surface area contributed by atoms with Crippen LogP contribution in [0, 0.1) is 11.8 Å². The standard InChI is InChI=1S/C20H32BrN3O4S/c1-4-6-8-23-18(27)16-20-9-12(21)15(29-20)13(17(26)22-7-5-2)14(20)19(28)24(16)11(3)10-25/h11-16,25H,4-10H2,1-3H3,(H,22,26)(H,23,27)/t11-,12?,13-,14+,15-,16?,20?/m1/s1. The first kappa shape index (κ1) is 22.9. The molecule has 1 spiro atoms. The van der Waals surface area contributed by atoms with Gasteiger partial charge in [-0.25, -0.2) is 0 Å². The van der Waals surface area contributed by atoms with Crippen molar-refractivity contribution in [2.24, 2.45) is 11.8 Å². The lowest BCUT2D eigenvalue weighted by Crippen LogP contribution is -2.56. The van der Waals surface area contributed by atoms with Crippen molar-refractivity contribution in [3.8, 4) is 0 Å². The van der Waals surface area contributed by atoms with Gasteiger partial charge in [-0.15, -0.1) is 11.8 Å². The molecule has 7 nitrogen and oxygen atoms in total. The maximum absolute atomic E-state index is 13.5. The first-order valence-corrected chi connectivity index (χ1v) is 12.4. The summed E-state index contributed by atoms with van der Waals surface area (Å²) in [5, 5.41) is 15.7. The number of likely N-dealkylation sites (tertiary alicyclic amines) is 1. The Hall–Kier alpha value is -0.800. The lowest BCUT2D eigenvalue weighted by atomic mass is 9.70. The van der Waals surface area contributed by atoms with Crippen LogP contribution in [0.3, 0.4) is 0 Å². The predicted molar refractivity (Wildman–Crippen MR) is 117 cm³/mol. The van der Waals surface area contributed by atoms with Gasteiger partial charge in [0.1, 0.15) is 6.04 Å². The normalized spacial score (nSPS) is 36.2. The van der Waals surface area contributed by atoms with Crippen LogP contribution < -0.4 is 10.6 Å². The van der Waals surface area contributed by atoms with Crippen molar-refractivity contribution in [1.82, 2.24) is 15.5 Å². The summed E-state index contributed by atoms with van der Waals surface area (Å²) < 4.78 is -0.635. The quantitative estimate of drug-likeness (QED) is 0.334. The maximum atomic E-state index is 13.5. The van der Waals surface area contributed by atoms with Gasteiger partial charge in [0.05, 0.1) is 29.2 Å². The Morgan fingerprint density at radius 3 is 2.59 bits per heavy atom. The van der Waals surface area contributed by atoms with Gasteiger partial charge in [0.15, 0.2) is 0 Å². The molecular weight excluding hydrogens is 458 g/mol. The van der Waals surface area contributed by atoms with Gasteiger partial charge < -0.3 is 20.6 Å². The van der Waals surface area contributed by atoms with E-state index in [2.05, 4.69) is 33.5 Å². The summed E-state index contributed by atoms with van der Waals surface area (Å²) in [7, 11) is 0. The molecule has 3 saturated heterocycles. The van der Waals surface area contributed by atoms with Gasteiger partial charge in [-0.3, -0.25) is 14.4 Å². The van der Waals surface area contributed by atoms with Crippen LogP contribution in [0.15, 0.2) is 0 Å². The Morgan fingerprint density at radius 1 is 1.28 bits per heavy atom. The van der Waals surface area contributed by atoms with E-state index in [9.17, 15) is 19.5 Å². The molecule has 2 bridgehead atoms. The second-order valence-electron chi connectivity index (χ2n) is 8.38. The van der Waals surface area contributed by atoms with E-state index in [4.69, 9.17) is 0 Å². The lowest BCUT2D eigenvalue weighted by Gasteiger charge is -2.36. The molecule has 3 fully saturated rings. The van der Waals surface area contributed by atoms with E-state index < -0.39 is 28.7 Å². The average Bonchev–Trinajstić information content (AvgIpc) is 3.29. The number of aliphatic hydroxyl groups excluding tert-OH is 1. The number of nitrogens with one attached hydrogen (secondary N) is 2. The molecule has 3 unspecified atom stereocenters. The molecule has 0 radical (unpaired) electrons. The van der Waals surface area contributed by atoms with Gasteiger partial charge >= 0.3 is 0 Å². The predicted octanol–water partition coefficient (Wildman–Crippen LogP) is 1.27. The summed E-state index contributed by atoms with van der Waals surface area (Å²) in [6.45, 7) is 6.73. The zero-order valence-corrected chi connectivity index (χ0v) is 19.7. The van der Waals surface area contributed by atoms with E-state index in [0.29, 0.717) is 19.5 Å². The molecule has 9 heteroatoms. The third-order valence-electron chi connectivity index (χ3n) is 6.40. The fourth-order valence-electron chi connectivity index (χ4n) is 5.08. The Bertz CT molecular complexity index is 666. The second-order valence-corrected chi connectivity index (χ2v) is 11.1. The van der Waals surface area contributed by atoms with Gasteiger partial charge in [-0.2, -0.15) is 0 Å². The van der Waals surface area contributed by atoms with Crippen LogP contribution in [-0.2, 0) is 14.4 Å². The molecule has 3 aliphatic heterocycles. The molecule has 0 aromatic carbocycles. The zero-order valence-electron chi connectivity index (χ0n) is 17.3. The van der Waals surface area contributed by atoms with Crippen LogP contribution in [0.4, 0.5) is 0 Å². The van der Waals surface area contributed by atoms with Gasteiger partial charge in [-0.1, -0.05) is 36.2 Å². The lowest BCUT2D eigenvalue weighted by molar-refractivity contribution is -0.142. The maximum Gasteiger partial charge on any atom is 0.244 e. The smallest absolute Gasteiger partial charge is 0.244 e. The van der Waals surface area contributed by atoms with E-state index >= 15 is 0 Å². The number of halogens is 1. The van der Waals surface area contributed by atoms with Crippen LogP contribution >= 0.6 is 27.7 Å². The Morgan fingerprint density at radius 2 is 1.97 bits per heavy atom. The Balaban J connectivity index is 1.97. The summed E-state index contributed by atoms with van der Waals surface area (Å²) in [5.41, 5.74) is 0. The number of aliphatic hydroxyl groups is 1. The summed E-state index contributed by atoms with van der Waals surface area (Å²) in [6.07, 6.45) is 3.33. The molecule has 3 aliphatic rings. The number of carbonyl (C=O) groups excluding carboxylic acids is 3. The SMILES string of the molecule is CCCCNC(=O)C1N([C@H](C)CO)C(=O)[C@@H]2[C@@H](C(=O)NCCC)[C@@H]3SC12CC3Br. The van der Waals surface area contributed by atoms with Crippen LogP contribution in [0.25, 0.3) is 0 Å². The highest BCUT2D eigenvalue weighted by atomic mass is 79.9. The van der Waals surface area contributed by atoms with E-state index in [0.717, 1.165) is 19.3 Å². The molecule has 0 aromatic rings. The van der Waals surface area contributed by atoms with Crippen molar-refractivity contribution in [3.05, 3.63) is 0 Å². The van der Waals surface area contributed by atoms with E-state index in [-0.39, 0.29) is 34.4 Å². The Labute approximate surface area is 185 Å². The molecule has 0 aliphatic carbocycles. The van der Waals surface area contributed by atoms with Gasteiger partial charge in [-0.05, 0) is 26.2 Å². The topological polar surface area (TPSA) is 98.7 Å². The molecule has 7 atom stereocenters. The number of unbranched alkanes of at least 4 members (excludes halogenated alkanes) is 1. The number of fused-ring (bicyclic) bond motifs is 1. The highest BCUT2D eigenvalue weighted by molar-refractivity contribution is 9.09. The zero-order chi connectivity index (χ0) is 21.3. The second kappa shape index (κ2) is 9.14. The molecular formula is C20H32BrN3O4S. The fourth-order valence-corrected chi connectivity index (χ4v) is 8.68. The van der Waals surface area contributed by atoms with Crippen molar-refractivity contribution in [2.75, 3.05) is 19.7 Å². The first-order valence-electron chi connectivity index (χ1n) is 10.6. The molecule has 29 heavy (non-hydrogen) atoms. The Kier molecular flexibility index (Phi) is 7.21. The third-order valence-corrected chi connectivity index (χ3v) is 9.62. The molecule has 3 amide bonds. The van der Waals surface area contributed by atoms with E-state index in [1.165, 1.54) is 0 Å². The fraction of sp³-hybridized carbons (Fsp3) is 0.850. The highest BCUT2D eigenvalue weighted by Gasteiger charge is 2.75. The number of amides is 3. The summed E-state index contributed by atoms with van der Waals surface area (Å²) in [5.74, 6) is -1.43. The minimum atomic E-state index is -0.668. The summed E-state index contributed by atoms with van der Waals surface area (Å²) in [4.78, 5) is 41.4. The number of rotatable bonds is 9. The van der Waals surface area contributed by atoms with Crippen LogP contribution in [0.2, 0.25) is 0 Å². The average molecular weight is 490 g/mol. The third kappa shape index (κ3) is 3.71. The summed E-state index contributed by atoms with van der Waals surface area (Å²) in [6, 6.07) is -1.14. The van der Waals surface area contributed by atoms with Gasteiger partial charge in [0.2, 0.25) is 17.7 Å². The van der Waals surface area contributed by atoms with Crippen molar-refractivity contribution < 1.29 is 19.5 Å². The van der Waals surface area contributed by atoms with Crippen molar-refractivity contribution in [3.63, 3.8) is 0 Å². The van der Waals surface area contributed by atoms with Crippen LogP contribution in [0.5, 0.6) is 0 Å². The van der Waals surface area contributed by atoms with E-state index in [1.807, 2.05) is 6.92 Å². The molecule has 3 rings (SSSR count). The molecule has 164 valence electrons. The summed E-state index contributed by atoms with van der Waals surface area (Å²) >= 11 is 5.35. The number of alkyl halides is 1.